The lowest BCUT2D eigenvalue weighted by Crippen LogP contribution is -2.01. The Morgan fingerprint density at radius 3 is 2.26 bits per heavy atom. The summed E-state index contributed by atoms with van der Waals surface area (Å²) in [7, 11) is 0. The highest BCUT2D eigenvalue weighted by atomic mass is 35.5. The number of hydrogen-bond donors (Lipinski definition) is 2. The average Bonchev–Trinajstić information content (AvgIpc) is 2.51. The highest BCUT2D eigenvalue weighted by molar-refractivity contribution is 6.33. The second kappa shape index (κ2) is 6.62. The quantitative estimate of drug-likeness (QED) is 0.702. The number of anilines is 4. The standard InChI is InChI=1S/C17H14ClFN4/c1-11-20-16(22-13-8-6-12(19)7-9-13)10-17(21-11)23-15-5-3-2-4-14(15)18/h2-10H,1H3,(H2,20,21,22,23). The van der Waals surface area contributed by atoms with Crippen LogP contribution in [0.25, 0.3) is 0 Å². The van der Waals surface area contributed by atoms with Gasteiger partial charge in [0.2, 0.25) is 0 Å². The van der Waals surface area contributed by atoms with Crippen molar-refractivity contribution in [2.24, 2.45) is 0 Å². The van der Waals surface area contributed by atoms with E-state index in [1.165, 1.54) is 12.1 Å². The van der Waals surface area contributed by atoms with E-state index < -0.39 is 0 Å². The van der Waals surface area contributed by atoms with E-state index in [1.807, 2.05) is 18.2 Å². The largest absolute Gasteiger partial charge is 0.340 e. The molecule has 0 aliphatic heterocycles. The molecule has 6 heteroatoms. The van der Waals surface area contributed by atoms with Crippen molar-refractivity contribution in [3.8, 4) is 0 Å². The third kappa shape index (κ3) is 3.96. The number of halogens is 2. The zero-order valence-corrected chi connectivity index (χ0v) is 13.1. The van der Waals surface area contributed by atoms with Gasteiger partial charge < -0.3 is 10.6 Å². The molecular weight excluding hydrogens is 315 g/mol. The summed E-state index contributed by atoms with van der Waals surface area (Å²) in [6.07, 6.45) is 0. The van der Waals surface area contributed by atoms with Crippen LogP contribution in [0, 0.1) is 12.7 Å². The SMILES string of the molecule is Cc1nc(Nc2ccc(F)cc2)cc(Nc2ccccc2Cl)n1. The fraction of sp³-hybridized carbons (Fsp3) is 0.0588. The first-order valence-electron chi connectivity index (χ1n) is 7.00. The molecule has 0 spiro atoms. The Hall–Kier alpha value is -2.66. The van der Waals surface area contributed by atoms with Crippen LogP contribution in [0.4, 0.5) is 27.4 Å². The van der Waals surface area contributed by atoms with E-state index in [2.05, 4.69) is 20.6 Å². The third-order valence-corrected chi connectivity index (χ3v) is 3.42. The first-order chi connectivity index (χ1) is 11.1. The minimum atomic E-state index is -0.282. The summed E-state index contributed by atoms with van der Waals surface area (Å²) in [6, 6.07) is 15.3. The Kier molecular flexibility index (Phi) is 4.39. The molecule has 0 unspecified atom stereocenters. The molecule has 0 bridgehead atoms. The number of aryl methyl sites for hydroxylation is 1. The maximum atomic E-state index is 13.0. The maximum Gasteiger partial charge on any atom is 0.136 e. The summed E-state index contributed by atoms with van der Waals surface area (Å²) in [5.41, 5.74) is 1.51. The van der Waals surface area contributed by atoms with Gasteiger partial charge in [-0.3, -0.25) is 0 Å². The number of rotatable bonds is 4. The van der Waals surface area contributed by atoms with Gasteiger partial charge in [-0.2, -0.15) is 0 Å². The molecule has 0 atom stereocenters. The molecule has 0 amide bonds. The normalized spacial score (nSPS) is 10.4. The fourth-order valence-electron chi connectivity index (χ4n) is 2.08. The van der Waals surface area contributed by atoms with Crippen LogP contribution >= 0.6 is 11.6 Å². The van der Waals surface area contributed by atoms with Gasteiger partial charge in [0.15, 0.2) is 0 Å². The van der Waals surface area contributed by atoms with E-state index in [9.17, 15) is 4.39 Å². The number of hydrogen-bond acceptors (Lipinski definition) is 4. The van der Waals surface area contributed by atoms with Crippen molar-refractivity contribution in [1.29, 1.82) is 0 Å². The van der Waals surface area contributed by atoms with Crippen molar-refractivity contribution in [3.63, 3.8) is 0 Å². The Balaban J connectivity index is 1.84. The molecule has 3 rings (SSSR count). The second-order valence-electron chi connectivity index (χ2n) is 4.92. The van der Waals surface area contributed by atoms with Gasteiger partial charge in [-0.15, -0.1) is 0 Å². The lowest BCUT2D eigenvalue weighted by molar-refractivity contribution is 0.628. The second-order valence-corrected chi connectivity index (χ2v) is 5.33. The minimum Gasteiger partial charge on any atom is -0.340 e. The lowest BCUT2D eigenvalue weighted by atomic mass is 10.3. The van der Waals surface area contributed by atoms with Crippen LogP contribution in [-0.2, 0) is 0 Å². The molecule has 0 aliphatic carbocycles. The van der Waals surface area contributed by atoms with Crippen molar-refractivity contribution < 1.29 is 4.39 Å². The Bertz CT molecular complexity index is 821. The highest BCUT2D eigenvalue weighted by Gasteiger charge is 2.05. The molecule has 1 heterocycles. The van der Waals surface area contributed by atoms with E-state index in [0.717, 1.165) is 11.4 Å². The van der Waals surface area contributed by atoms with Crippen molar-refractivity contribution in [2.75, 3.05) is 10.6 Å². The Morgan fingerprint density at radius 2 is 1.57 bits per heavy atom. The van der Waals surface area contributed by atoms with Gasteiger partial charge in [0.1, 0.15) is 23.3 Å². The first kappa shape index (κ1) is 15.2. The first-order valence-corrected chi connectivity index (χ1v) is 7.38. The van der Waals surface area contributed by atoms with E-state index >= 15 is 0 Å². The van der Waals surface area contributed by atoms with Crippen molar-refractivity contribution in [1.82, 2.24) is 9.97 Å². The number of nitrogens with one attached hydrogen (secondary N) is 2. The molecule has 0 aliphatic rings. The average molecular weight is 329 g/mol. The van der Waals surface area contributed by atoms with E-state index in [1.54, 1.807) is 31.2 Å². The number of nitrogens with zero attached hydrogens (tertiary/aromatic N) is 2. The molecule has 2 aromatic carbocycles. The summed E-state index contributed by atoms with van der Waals surface area (Å²) in [5, 5.41) is 6.90. The predicted octanol–water partition coefficient (Wildman–Crippen LogP) is 5.06. The minimum absolute atomic E-state index is 0.282. The van der Waals surface area contributed by atoms with Gasteiger partial charge in [-0.25, -0.2) is 14.4 Å². The molecule has 0 saturated heterocycles. The number of benzene rings is 2. The van der Waals surface area contributed by atoms with Crippen molar-refractivity contribution >= 4 is 34.6 Å². The molecule has 1 aromatic heterocycles. The smallest absolute Gasteiger partial charge is 0.136 e. The topological polar surface area (TPSA) is 49.8 Å². The molecular formula is C17H14ClFN4. The summed E-state index contributed by atoms with van der Waals surface area (Å²) >= 11 is 6.14. The summed E-state index contributed by atoms with van der Waals surface area (Å²) in [5.74, 6) is 1.55. The Labute approximate surface area is 138 Å². The van der Waals surface area contributed by atoms with Gasteiger partial charge in [-0.05, 0) is 43.3 Å². The maximum absolute atomic E-state index is 13.0. The lowest BCUT2D eigenvalue weighted by Gasteiger charge is -2.11. The predicted molar refractivity (Wildman–Crippen MR) is 91.2 cm³/mol. The van der Waals surface area contributed by atoms with Crippen molar-refractivity contribution in [3.05, 3.63) is 71.3 Å². The van der Waals surface area contributed by atoms with Crippen LogP contribution in [0.15, 0.2) is 54.6 Å². The molecule has 23 heavy (non-hydrogen) atoms. The third-order valence-electron chi connectivity index (χ3n) is 3.09. The van der Waals surface area contributed by atoms with Gasteiger partial charge in [-0.1, -0.05) is 23.7 Å². The van der Waals surface area contributed by atoms with Gasteiger partial charge in [0.05, 0.1) is 10.7 Å². The zero-order valence-electron chi connectivity index (χ0n) is 12.3. The molecule has 0 fully saturated rings. The van der Waals surface area contributed by atoms with E-state index in [0.29, 0.717) is 22.5 Å². The van der Waals surface area contributed by atoms with Crippen molar-refractivity contribution in [2.45, 2.75) is 6.92 Å². The molecule has 3 aromatic rings. The fourth-order valence-corrected chi connectivity index (χ4v) is 2.26. The molecule has 4 nitrogen and oxygen atoms in total. The van der Waals surface area contributed by atoms with Gasteiger partial charge in [0, 0.05) is 11.8 Å². The van der Waals surface area contributed by atoms with E-state index in [4.69, 9.17) is 11.6 Å². The highest BCUT2D eigenvalue weighted by Crippen LogP contribution is 2.25. The molecule has 0 saturated carbocycles. The molecule has 2 N–H and O–H groups in total. The van der Waals surface area contributed by atoms with Gasteiger partial charge in [0.25, 0.3) is 0 Å². The number of para-hydroxylation sites is 1. The summed E-state index contributed by atoms with van der Waals surface area (Å²) in [4.78, 5) is 8.67. The number of aromatic nitrogens is 2. The van der Waals surface area contributed by atoms with Crippen LogP contribution in [0.2, 0.25) is 5.02 Å². The van der Waals surface area contributed by atoms with Gasteiger partial charge >= 0.3 is 0 Å². The van der Waals surface area contributed by atoms with Crippen LogP contribution in [0.5, 0.6) is 0 Å². The van der Waals surface area contributed by atoms with Crippen LogP contribution in [-0.4, -0.2) is 9.97 Å². The molecule has 0 radical (unpaired) electrons. The van der Waals surface area contributed by atoms with E-state index in [-0.39, 0.29) is 5.82 Å². The zero-order chi connectivity index (χ0) is 16.2. The van der Waals surface area contributed by atoms with Crippen LogP contribution < -0.4 is 10.6 Å². The monoisotopic (exact) mass is 328 g/mol. The summed E-state index contributed by atoms with van der Waals surface area (Å²) in [6.45, 7) is 1.80. The van der Waals surface area contributed by atoms with Crippen LogP contribution in [0.1, 0.15) is 5.82 Å². The summed E-state index contributed by atoms with van der Waals surface area (Å²) < 4.78 is 13.0. The molecule has 116 valence electrons. The van der Waals surface area contributed by atoms with Crippen LogP contribution in [0.3, 0.4) is 0 Å². The Morgan fingerprint density at radius 1 is 0.913 bits per heavy atom.